The van der Waals surface area contributed by atoms with Crippen LogP contribution in [0.1, 0.15) is 32.3 Å². The quantitative estimate of drug-likeness (QED) is 0.253. The fourth-order valence-electron chi connectivity index (χ4n) is 1.91. The first-order valence-electron chi connectivity index (χ1n) is 7.70. The predicted octanol–water partition coefficient (Wildman–Crippen LogP) is 3.21. The van der Waals surface area contributed by atoms with Crippen molar-refractivity contribution in [1.82, 2.24) is 0 Å². The average molecular weight is 333 g/mol. The van der Waals surface area contributed by atoms with Crippen LogP contribution in [-0.4, -0.2) is 27.2 Å². The van der Waals surface area contributed by atoms with Gasteiger partial charge >= 0.3 is 5.97 Å². The van der Waals surface area contributed by atoms with Crippen LogP contribution >= 0.6 is 0 Å². The second kappa shape index (κ2) is 9.39. The monoisotopic (exact) mass is 333 g/mol. The van der Waals surface area contributed by atoms with Crippen molar-refractivity contribution < 1.29 is 24.9 Å². The number of aromatic hydroxyl groups is 2. The van der Waals surface area contributed by atoms with Crippen LogP contribution in [0, 0.1) is 5.92 Å². The highest BCUT2D eigenvalue weighted by Crippen LogP contribution is 2.32. The lowest BCUT2D eigenvalue weighted by atomic mass is 10.1. The Morgan fingerprint density at radius 2 is 1.88 bits per heavy atom. The zero-order valence-corrected chi connectivity index (χ0v) is 13.8. The van der Waals surface area contributed by atoms with Gasteiger partial charge in [-0.1, -0.05) is 32.1 Å². The lowest BCUT2D eigenvalue weighted by molar-refractivity contribution is -0.137. The van der Waals surface area contributed by atoms with E-state index < -0.39 is 11.9 Å². The first kappa shape index (κ1) is 19.3. The second-order valence-corrected chi connectivity index (χ2v) is 5.80. The Morgan fingerprint density at radius 3 is 2.50 bits per heavy atom. The van der Waals surface area contributed by atoms with Crippen LogP contribution < -0.4 is 5.32 Å². The minimum absolute atomic E-state index is 0.0953. The number of aliphatic carboxylic acids is 1. The molecule has 0 spiro atoms. The van der Waals surface area contributed by atoms with Crippen molar-refractivity contribution in [2.75, 3.05) is 5.32 Å². The molecule has 1 aromatic rings. The van der Waals surface area contributed by atoms with Gasteiger partial charge in [0.1, 0.15) is 11.5 Å². The van der Waals surface area contributed by atoms with Gasteiger partial charge in [-0.15, -0.1) is 0 Å². The minimum atomic E-state index is -0.996. The molecule has 0 saturated carbocycles. The van der Waals surface area contributed by atoms with Gasteiger partial charge in [-0.05, 0) is 30.4 Å². The summed E-state index contributed by atoms with van der Waals surface area (Å²) in [6.07, 6.45) is 7.49. The normalized spacial score (nSPS) is 11.5. The van der Waals surface area contributed by atoms with Gasteiger partial charge < -0.3 is 20.6 Å². The van der Waals surface area contributed by atoms with Crippen LogP contribution in [0.2, 0.25) is 0 Å². The first-order valence-corrected chi connectivity index (χ1v) is 7.70. The zero-order chi connectivity index (χ0) is 18.1. The van der Waals surface area contributed by atoms with E-state index in [1.807, 2.05) is 6.08 Å². The fourth-order valence-corrected chi connectivity index (χ4v) is 1.91. The predicted molar refractivity (Wildman–Crippen MR) is 92.1 cm³/mol. The van der Waals surface area contributed by atoms with Crippen LogP contribution in [-0.2, 0) is 16.0 Å². The highest BCUT2D eigenvalue weighted by atomic mass is 16.4. The first-order chi connectivity index (χ1) is 11.3. The smallest absolute Gasteiger partial charge is 0.303 e. The van der Waals surface area contributed by atoms with E-state index in [4.69, 9.17) is 5.11 Å². The van der Waals surface area contributed by atoms with Crippen molar-refractivity contribution in [1.29, 1.82) is 0 Å². The number of carboxylic acid groups (broad SMARTS) is 1. The summed E-state index contributed by atoms with van der Waals surface area (Å²) in [6, 6.07) is 2.45. The van der Waals surface area contributed by atoms with Crippen molar-refractivity contribution in [2.45, 2.75) is 33.1 Å². The number of aryl methyl sites for hydroxylation is 1. The summed E-state index contributed by atoms with van der Waals surface area (Å²) in [7, 11) is 0. The number of nitrogens with one attached hydrogen (secondary N) is 1. The summed E-state index contributed by atoms with van der Waals surface area (Å²) < 4.78 is 0. The Morgan fingerprint density at radius 1 is 1.17 bits per heavy atom. The minimum Gasteiger partial charge on any atom is -0.508 e. The Kier molecular flexibility index (Phi) is 7.55. The maximum Gasteiger partial charge on any atom is 0.303 e. The van der Waals surface area contributed by atoms with E-state index in [2.05, 4.69) is 19.2 Å². The van der Waals surface area contributed by atoms with Gasteiger partial charge in [-0.2, -0.15) is 0 Å². The number of phenols is 2. The highest BCUT2D eigenvalue weighted by molar-refractivity contribution is 6.00. The lowest BCUT2D eigenvalue weighted by Crippen LogP contribution is -2.08. The van der Waals surface area contributed by atoms with E-state index in [9.17, 15) is 19.8 Å². The van der Waals surface area contributed by atoms with E-state index >= 15 is 0 Å². The number of benzene rings is 1. The maximum absolute atomic E-state index is 11.8. The third kappa shape index (κ3) is 7.00. The van der Waals surface area contributed by atoms with E-state index in [1.54, 1.807) is 12.2 Å². The number of allylic oxidation sites excluding steroid dienone is 3. The van der Waals surface area contributed by atoms with Gasteiger partial charge in [0.05, 0.1) is 5.69 Å². The summed E-state index contributed by atoms with van der Waals surface area (Å²) >= 11 is 0. The van der Waals surface area contributed by atoms with Crippen molar-refractivity contribution in [3.8, 4) is 11.5 Å². The molecule has 0 atom stereocenters. The molecule has 130 valence electrons. The third-order valence-corrected chi connectivity index (χ3v) is 3.17. The molecule has 0 heterocycles. The fraction of sp³-hybridized carbons (Fsp3) is 0.333. The summed E-state index contributed by atoms with van der Waals surface area (Å²) in [5.41, 5.74) is 0.459. The summed E-state index contributed by atoms with van der Waals surface area (Å²) in [5, 5.41) is 30.7. The molecule has 1 aromatic carbocycles. The molecule has 6 nitrogen and oxygen atoms in total. The van der Waals surface area contributed by atoms with Crippen molar-refractivity contribution in [3.05, 3.63) is 42.0 Å². The second-order valence-electron chi connectivity index (χ2n) is 5.80. The van der Waals surface area contributed by atoms with Gasteiger partial charge in [0, 0.05) is 18.6 Å². The molecule has 24 heavy (non-hydrogen) atoms. The molecule has 0 aliphatic carbocycles. The lowest BCUT2D eigenvalue weighted by Gasteiger charge is -2.10. The molecule has 1 rings (SSSR count). The molecule has 0 bridgehead atoms. The molecule has 0 radical (unpaired) electrons. The molecule has 0 aliphatic heterocycles. The summed E-state index contributed by atoms with van der Waals surface area (Å²) in [6.45, 7) is 4.19. The van der Waals surface area contributed by atoms with Crippen molar-refractivity contribution in [3.63, 3.8) is 0 Å². The largest absolute Gasteiger partial charge is 0.508 e. The van der Waals surface area contributed by atoms with Gasteiger partial charge in [0.2, 0.25) is 5.91 Å². The van der Waals surface area contributed by atoms with Crippen molar-refractivity contribution in [2.24, 2.45) is 5.92 Å². The van der Waals surface area contributed by atoms with E-state index in [0.29, 0.717) is 11.5 Å². The topological polar surface area (TPSA) is 107 Å². The van der Waals surface area contributed by atoms with Crippen LogP contribution in [0.5, 0.6) is 11.5 Å². The molecular weight excluding hydrogens is 310 g/mol. The number of hydrogen-bond donors (Lipinski definition) is 4. The molecule has 0 fully saturated rings. The van der Waals surface area contributed by atoms with Crippen molar-refractivity contribution >= 4 is 17.6 Å². The number of hydrogen-bond acceptors (Lipinski definition) is 4. The number of carbonyl (C=O) groups is 2. The summed E-state index contributed by atoms with van der Waals surface area (Å²) in [5.74, 6) is -1.39. The van der Waals surface area contributed by atoms with Crippen LogP contribution in [0.25, 0.3) is 0 Å². The standard InChI is InChI=1S/C18H23NO5/c1-12(2)6-4-3-5-7-17(22)19-14-10-13(8-9-18(23)24)15(20)11-16(14)21/h3-5,7,10-12,20-21H,6,8-9H2,1-2H3,(H,19,22)(H,23,24). The van der Waals surface area contributed by atoms with Crippen LogP contribution in [0.3, 0.4) is 0 Å². The molecule has 0 aromatic heterocycles. The van der Waals surface area contributed by atoms with E-state index in [1.165, 1.54) is 12.1 Å². The maximum atomic E-state index is 11.8. The number of rotatable bonds is 8. The Balaban J connectivity index is 2.73. The molecule has 0 saturated heterocycles. The van der Waals surface area contributed by atoms with Gasteiger partial charge in [-0.3, -0.25) is 9.59 Å². The number of carboxylic acids is 1. The number of anilines is 1. The summed E-state index contributed by atoms with van der Waals surface area (Å²) in [4.78, 5) is 22.4. The van der Waals surface area contributed by atoms with Gasteiger partial charge in [0.15, 0.2) is 0 Å². The third-order valence-electron chi connectivity index (χ3n) is 3.17. The Bertz CT molecular complexity index is 647. The van der Waals surface area contributed by atoms with E-state index in [0.717, 1.165) is 12.5 Å². The number of phenolic OH excluding ortho intramolecular Hbond substituents is 2. The molecule has 0 aliphatic rings. The van der Waals surface area contributed by atoms with E-state index in [-0.39, 0.29) is 30.0 Å². The molecular formula is C18H23NO5. The molecule has 1 amide bonds. The molecule has 0 unspecified atom stereocenters. The van der Waals surface area contributed by atoms with Crippen LogP contribution in [0.15, 0.2) is 36.4 Å². The number of amides is 1. The van der Waals surface area contributed by atoms with Gasteiger partial charge in [0.25, 0.3) is 0 Å². The molecule has 6 heteroatoms. The Hall–Kier alpha value is -2.76. The highest BCUT2D eigenvalue weighted by Gasteiger charge is 2.11. The SMILES string of the molecule is CC(C)CC=CC=CC(=O)Nc1cc(CCC(=O)O)c(O)cc1O. The van der Waals surface area contributed by atoms with Crippen LogP contribution in [0.4, 0.5) is 5.69 Å². The average Bonchev–Trinajstić information content (AvgIpc) is 2.48. The Labute approximate surface area is 141 Å². The molecule has 4 N–H and O–H groups in total. The zero-order valence-electron chi connectivity index (χ0n) is 13.8. The van der Waals surface area contributed by atoms with Gasteiger partial charge in [-0.25, -0.2) is 0 Å². The number of carbonyl (C=O) groups excluding carboxylic acids is 1.